The van der Waals surface area contributed by atoms with E-state index in [4.69, 9.17) is 11.6 Å². The second-order valence-corrected chi connectivity index (χ2v) is 14.2. The highest BCUT2D eigenvalue weighted by Crippen LogP contribution is 2.37. The van der Waals surface area contributed by atoms with E-state index in [1.807, 2.05) is 6.07 Å². The predicted molar refractivity (Wildman–Crippen MR) is 171 cm³/mol. The zero-order valence-corrected chi connectivity index (χ0v) is 27.0. The van der Waals surface area contributed by atoms with E-state index in [0.717, 1.165) is 11.2 Å². The Kier molecular flexibility index (Phi) is 9.93. The number of sulfone groups is 1. The van der Waals surface area contributed by atoms with Gasteiger partial charge in [-0.05, 0) is 55.7 Å². The van der Waals surface area contributed by atoms with Gasteiger partial charge in [0.15, 0.2) is 9.84 Å². The molecule has 0 spiro atoms. The molecule has 1 unspecified atom stereocenters. The third-order valence-electron chi connectivity index (χ3n) is 8.42. The molecule has 0 radical (unpaired) electrons. The number of pyridine rings is 1. The van der Waals surface area contributed by atoms with Gasteiger partial charge in [0, 0.05) is 66.5 Å². The SMILES string of the molecule is CS(=O)(=O)c1cccc(N(C(=O)C[C@@H]2CCC(=O)N2c2cc(C#N)ccn2)C(C(=O)NC2CCC(F)(F)CC2)c2ccccc2Cl)c1. The zero-order chi connectivity index (χ0) is 33.9. The molecular weight excluding hydrogens is 652 g/mol. The molecular formula is C33H32ClF2N5O5S. The number of anilines is 2. The van der Waals surface area contributed by atoms with Crippen LogP contribution in [0.25, 0.3) is 0 Å². The standard InChI is InChI=1S/C33H32ClF2N5O5S/c1-47(45,46)25-6-4-5-23(18-25)41(30(43)19-24-9-10-29(42)40(24)28-17-21(20-37)13-16-38-28)31(26-7-2-3-8-27(26)34)32(44)39-22-11-14-33(35,36)15-12-22/h2-8,13,16-18,22,24,31H,9-12,14-15,19H2,1H3,(H,39,44)/t24-,31?/m0/s1. The number of hydrogen-bond acceptors (Lipinski definition) is 7. The number of halogens is 3. The lowest BCUT2D eigenvalue weighted by molar-refractivity contribution is -0.128. The van der Waals surface area contributed by atoms with Crippen LogP contribution in [0.15, 0.2) is 71.8 Å². The van der Waals surface area contributed by atoms with Crippen LogP contribution in [0, 0.1) is 11.3 Å². The predicted octanol–water partition coefficient (Wildman–Crippen LogP) is 5.36. The fourth-order valence-corrected chi connectivity index (χ4v) is 6.93. The maximum absolute atomic E-state index is 14.5. The van der Waals surface area contributed by atoms with E-state index in [-0.39, 0.29) is 70.6 Å². The minimum Gasteiger partial charge on any atom is -0.351 e. The van der Waals surface area contributed by atoms with Crippen molar-refractivity contribution >= 4 is 50.7 Å². The molecule has 3 aromatic rings. The number of nitrogens with one attached hydrogen (secondary N) is 1. The van der Waals surface area contributed by atoms with Crippen molar-refractivity contribution in [2.75, 3.05) is 16.1 Å². The number of rotatable bonds is 9. The minimum absolute atomic E-state index is 0.0272. The number of hydrogen-bond donors (Lipinski definition) is 1. The van der Waals surface area contributed by atoms with Gasteiger partial charge in [-0.3, -0.25) is 24.2 Å². The fraction of sp³-hybridized carbons (Fsp3) is 0.364. The number of benzene rings is 2. The molecule has 2 heterocycles. The summed E-state index contributed by atoms with van der Waals surface area (Å²) in [5, 5.41) is 12.4. The number of aromatic nitrogens is 1. The zero-order valence-electron chi connectivity index (χ0n) is 25.4. The molecule has 1 aliphatic heterocycles. The molecule has 246 valence electrons. The molecule has 1 saturated carbocycles. The first-order chi connectivity index (χ1) is 22.3. The molecule has 1 N–H and O–H groups in total. The van der Waals surface area contributed by atoms with Crippen LogP contribution in [-0.2, 0) is 24.2 Å². The van der Waals surface area contributed by atoms with Gasteiger partial charge in [0.1, 0.15) is 11.9 Å². The Labute approximate surface area is 276 Å². The van der Waals surface area contributed by atoms with Crippen LogP contribution in [0.1, 0.15) is 62.1 Å². The lowest BCUT2D eigenvalue weighted by Gasteiger charge is -2.36. The molecule has 1 aliphatic carbocycles. The number of carbonyl (C=O) groups excluding carboxylic acids is 3. The molecule has 14 heteroatoms. The Bertz CT molecular complexity index is 1840. The molecule has 2 atom stereocenters. The molecule has 0 bridgehead atoms. The summed E-state index contributed by atoms with van der Waals surface area (Å²) in [4.78, 5) is 48.4. The topological polar surface area (TPSA) is 141 Å². The lowest BCUT2D eigenvalue weighted by Crippen LogP contribution is -2.49. The number of alkyl halides is 2. The summed E-state index contributed by atoms with van der Waals surface area (Å²) in [5.41, 5.74) is 0.581. The molecule has 1 saturated heterocycles. The summed E-state index contributed by atoms with van der Waals surface area (Å²) in [6.45, 7) is 0. The van der Waals surface area contributed by atoms with E-state index in [1.54, 1.807) is 24.3 Å². The molecule has 2 aliphatic rings. The Balaban J connectivity index is 1.57. The van der Waals surface area contributed by atoms with Gasteiger partial charge < -0.3 is 5.32 Å². The minimum atomic E-state index is -3.74. The number of amides is 3. The van der Waals surface area contributed by atoms with E-state index in [9.17, 15) is 36.8 Å². The lowest BCUT2D eigenvalue weighted by atomic mass is 9.91. The normalized spacial score (nSPS) is 18.7. The van der Waals surface area contributed by atoms with Gasteiger partial charge in [-0.2, -0.15) is 5.26 Å². The van der Waals surface area contributed by atoms with Crippen LogP contribution >= 0.6 is 11.6 Å². The smallest absolute Gasteiger partial charge is 0.248 e. The first kappa shape index (κ1) is 33.9. The highest BCUT2D eigenvalue weighted by Gasteiger charge is 2.41. The van der Waals surface area contributed by atoms with Crippen molar-refractivity contribution in [3.63, 3.8) is 0 Å². The monoisotopic (exact) mass is 683 g/mol. The summed E-state index contributed by atoms with van der Waals surface area (Å²) >= 11 is 6.60. The molecule has 3 amide bonds. The van der Waals surface area contributed by atoms with E-state index in [2.05, 4.69) is 10.3 Å². The van der Waals surface area contributed by atoms with E-state index in [0.29, 0.717) is 0 Å². The summed E-state index contributed by atoms with van der Waals surface area (Å²) in [6, 6.07) is 14.2. The van der Waals surface area contributed by atoms with Crippen LogP contribution in [0.5, 0.6) is 0 Å². The summed E-state index contributed by atoms with van der Waals surface area (Å²) in [6.07, 6.45) is 1.75. The van der Waals surface area contributed by atoms with Crippen molar-refractivity contribution < 1.29 is 31.6 Å². The molecule has 47 heavy (non-hydrogen) atoms. The van der Waals surface area contributed by atoms with Gasteiger partial charge in [0.2, 0.25) is 23.6 Å². The van der Waals surface area contributed by atoms with Gasteiger partial charge in [0.25, 0.3) is 0 Å². The molecule has 10 nitrogen and oxygen atoms in total. The second-order valence-electron chi connectivity index (χ2n) is 11.8. The van der Waals surface area contributed by atoms with E-state index >= 15 is 0 Å². The van der Waals surface area contributed by atoms with Crippen molar-refractivity contribution in [3.8, 4) is 6.07 Å². The van der Waals surface area contributed by atoms with Crippen LogP contribution in [0.3, 0.4) is 0 Å². The van der Waals surface area contributed by atoms with Gasteiger partial charge in [-0.1, -0.05) is 35.9 Å². The summed E-state index contributed by atoms with van der Waals surface area (Å²) < 4.78 is 52.9. The van der Waals surface area contributed by atoms with Gasteiger partial charge >= 0.3 is 0 Å². The van der Waals surface area contributed by atoms with Gasteiger partial charge in [-0.15, -0.1) is 0 Å². The van der Waals surface area contributed by atoms with Crippen molar-refractivity contribution in [3.05, 3.63) is 83.0 Å². The Morgan fingerprint density at radius 3 is 2.53 bits per heavy atom. The quantitative estimate of drug-likeness (QED) is 0.320. The van der Waals surface area contributed by atoms with Gasteiger partial charge in [-0.25, -0.2) is 22.2 Å². The second kappa shape index (κ2) is 13.8. The number of nitrogens with zero attached hydrogens (tertiary/aromatic N) is 4. The number of nitriles is 1. The average Bonchev–Trinajstić information content (AvgIpc) is 3.40. The third kappa shape index (κ3) is 7.77. The fourth-order valence-electron chi connectivity index (χ4n) is 6.03. The molecule has 5 rings (SSSR count). The van der Waals surface area contributed by atoms with Crippen LogP contribution in [0.4, 0.5) is 20.3 Å². The highest BCUT2D eigenvalue weighted by molar-refractivity contribution is 7.90. The van der Waals surface area contributed by atoms with Crippen molar-refractivity contribution in [1.82, 2.24) is 10.3 Å². The molecule has 1 aromatic heterocycles. The number of carbonyl (C=O) groups is 3. The average molecular weight is 684 g/mol. The van der Waals surface area contributed by atoms with Crippen LogP contribution < -0.4 is 15.1 Å². The first-order valence-corrected chi connectivity index (χ1v) is 17.3. The van der Waals surface area contributed by atoms with Crippen molar-refractivity contribution in [2.24, 2.45) is 0 Å². The van der Waals surface area contributed by atoms with Crippen LogP contribution in [-0.4, -0.2) is 55.4 Å². The first-order valence-electron chi connectivity index (χ1n) is 15.0. The van der Waals surface area contributed by atoms with Crippen molar-refractivity contribution in [1.29, 1.82) is 5.26 Å². The van der Waals surface area contributed by atoms with E-state index < -0.39 is 58.5 Å². The molecule has 2 fully saturated rings. The Morgan fingerprint density at radius 1 is 1.13 bits per heavy atom. The summed E-state index contributed by atoms with van der Waals surface area (Å²) in [7, 11) is -3.74. The third-order valence-corrected chi connectivity index (χ3v) is 9.87. The van der Waals surface area contributed by atoms with Crippen LogP contribution in [0.2, 0.25) is 5.02 Å². The maximum atomic E-state index is 14.5. The van der Waals surface area contributed by atoms with Gasteiger partial charge in [0.05, 0.1) is 16.5 Å². The largest absolute Gasteiger partial charge is 0.351 e. The Hall–Kier alpha value is -4.41. The van der Waals surface area contributed by atoms with Crippen molar-refractivity contribution in [2.45, 2.75) is 73.9 Å². The van der Waals surface area contributed by atoms with E-state index in [1.165, 1.54) is 47.5 Å². The highest BCUT2D eigenvalue weighted by atomic mass is 35.5. The summed E-state index contributed by atoms with van der Waals surface area (Å²) in [5.74, 6) is -4.25. The maximum Gasteiger partial charge on any atom is 0.248 e. The Morgan fingerprint density at radius 2 is 1.85 bits per heavy atom. The molecule has 2 aromatic carbocycles.